The van der Waals surface area contributed by atoms with Crippen LogP contribution in [0.5, 0.6) is 0 Å². The lowest BCUT2D eigenvalue weighted by molar-refractivity contribution is 0.201. The minimum atomic E-state index is -0.0151. The Morgan fingerprint density at radius 1 is 1.25 bits per heavy atom. The predicted molar refractivity (Wildman–Crippen MR) is 94.3 cm³/mol. The first-order chi connectivity index (χ1) is 11.7. The number of hydrogen-bond acceptors (Lipinski definition) is 4. The lowest BCUT2D eigenvalue weighted by Crippen LogP contribution is -2.37. The molecule has 2 aliphatic heterocycles. The van der Waals surface area contributed by atoms with E-state index < -0.39 is 0 Å². The Morgan fingerprint density at radius 2 is 2.04 bits per heavy atom. The van der Waals surface area contributed by atoms with Gasteiger partial charge in [0, 0.05) is 35.5 Å². The highest BCUT2D eigenvalue weighted by molar-refractivity contribution is 6.05. The van der Waals surface area contributed by atoms with Crippen molar-refractivity contribution in [3.05, 3.63) is 63.3 Å². The standard InChI is InChI=1S/C19H22N4O/c1-13-20-11-16(19(24)22-13)12-23-8-6-14(7-9-23)18-17-5-3-2-4-15(17)10-21-18/h2-5,11,14H,6-10,12H2,1H3,(H,20,22,24). The number of likely N-dealkylation sites (tertiary alicyclic amines) is 1. The molecular weight excluding hydrogens is 300 g/mol. The summed E-state index contributed by atoms with van der Waals surface area (Å²) < 4.78 is 0. The summed E-state index contributed by atoms with van der Waals surface area (Å²) >= 11 is 0. The molecule has 0 unspecified atom stereocenters. The maximum Gasteiger partial charge on any atom is 0.255 e. The van der Waals surface area contributed by atoms with Gasteiger partial charge < -0.3 is 4.98 Å². The molecule has 24 heavy (non-hydrogen) atoms. The summed E-state index contributed by atoms with van der Waals surface area (Å²) in [5.41, 5.74) is 4.73. The molecule has 4 rings (SSSR count). The lowest BCUT2D eigenvalue weighted by Gasteiger charge is -2.32. The monoisotopic (exact) mass is 322 g/mol. The van der Waals surface area contributed by atoms with Crippen molar-refractivity contribution < 1.29 is 0 Å². The van der Waals surface area contributed by atoms with Gasteiger partial charge in [0.25, 0.3) is 5.56 Å². The van der Waals surface area contributed by atoms with Crippen molar-refractivity contribution in [2.24, 2.45) is 10.9 Å². The van der Waals surface area contributed by atoms with Gasteiger partial charge in [-0.1, -0.05) is 24.3 Å². The summed E-state index contributed by atoms with van der Waals surface area (Å²) in [5.74, 6) is 1.21. The smallest absolute Gasteiger partial charge is 0.255 e. The number of nitrogens with zero attached hydrogens (tertiary/aromatic N) is 3. The third kappa shape index (κ3) is 2.91. The molecule has 124 valence electrons. The highest BCUT2D eigenvalue weighted by atomic mass is 16.1. The summed E-state index contributed by atoms with van der Waals surface area (Å²) in [7, 11) is 0. The van der Waals surface area contributed by atoms with E-state index in [9.17, 15) is 4.79 Å². The second kappa shape index (κ2) is 6.32. The Bertz CT molecular complexity index is 831. The van der Waals surface area contributed by atoms with Crippen molar-refractivity contribution in [3.8, 4) is 0 Å². The van der Waals surface area contributed by atoms with E-state index in [2.05, 4.69) is 39.1 Å². The van der Waals surface area contributed by atoms with Crippen molar-refractivity contribution in [3.63, 3.8) is 0 Å². The van der Waals surface area contributed by atoms with E-state index in [4.69, 9.17) is 4.99 Å². The first kappa shape index (κ1) is 15.3. The highest BCUT2D eigenvalue weighted by Gasteiger charge is 2.27. The van der Waals surface area contributed by atoms with E-state index >= 15 is 0 Å². The maximum atomic E-state index is 12.0. The third-order valence-corrected chi connectivity index (χ3v) is 5.08. The number of nitrogens with one attached hydrogen (secondary N) is 1. The SMILES string of the molecule is Cc1ncc(CN2CCC(C3=NCc4ccccc43)CC2)c(=O)[nH]1. The van der Waals surface area contributed by atoms with Crippen molar-refractivity contribution in [2.45, 2.75) is 32.9 Å². The van der Waals surface area contributed by atoms with Gasteiger partial charge in [-0.25, -0.2) is 4.98 Å². The van der Waals surface area contributed by atoms with Gasteiger partial charge in [-0.15, -0.1) is 0 Å². The minimum absolute atomic E-state index is 0.0151. The molecule has 0 aliphatic carbocycles. The molecule has 2 aliphatic rings. The van der Waals surface area contributed by atoms with Crippen LogP contribution in [0.15, 0.2) is 40.2 Å². The number of rotatable bonds is 3. The predicted octanol–water partition coefficient (Wildman–Crippen LogP) is 2.29. The fourth-order valence-corrected chi connectivity index (χ4v) is 3.74. The molecule has 1 fully saturated rings. The molecule has 0 saturated carbocycles. The van der Waals surface area contributed by atoms with Crippen LogP contribution in [-0.2, 0) is 13.1 Å². The van der Waals surface area contributed by atoms with Crippen LogP contribution in [0.2, 0.25) is 0 Å². The molecule has 1 N–H and O–H groups in total. The Morgan fingerprint density at radius 3 is 2.83 bits per heavy atom. The van der Waals surface area contributed by atoms with Crippen LogP contribution in [0.25, 0.3) is 0 Å². The van der Waals surface area contributed by atoms with Crippen molar-refractivity contribution in [1.29, 1.82) is 0 Å². The molecule has 5 nitrogen and oxygen atoms in total. The van der Waals surface area contributed by atoms with Crippen molar-refractivity contribution >= 4 is 5.71 Å². The van der Waals surface area contributed by atoms with Crippen LogP contribution < -0.4 is 5.56 Å². The highest BCUT2D eigenvalue weighted by Crippen LogP contribution is 2.28. The van der Waals surface area contributed by atoms with E-state index in [0.717, 1.165) is 38.0 Å². The van der Waals surface area contributed by atoms with Crippen molar-refractivity contribution in [1.82, 2.24) is 14.9 Å². The molecule has 1 aromatic carbocycles. The van der Waals surface area contributed by atoms with E-state index in [1.165, 1.54) is 16.8 Å². The largest absolute Gasteiger partial charge is 0.311 e. The van der Waals surface area contributed by atoms with E-state index in [-0.39, 0.29) is 5.56 Å². The number of aromatic nitrogens is 2. The normalized spacial score (nSPS) is 18.5. The van der Waals surface area contributed by atoms with Gasteiger partial charge in [-0.3, -0.25) is 14.7 Å². The van der Waals surface area contributed by atoms with Crippen LogP contribution in [0.4, 0.5) is 0 Å². The maximum absolute atomic E-state index is 12.0. The van der Waals surface area contributed by atoms with Gasteiger partial charge in [0.05, 0.1) is 6.54 Å². The van der Waals surface area contributed by atoms with Gasteiger partial charge in [-0.05, 0) is 38.4 Å². The number of H-pyrrole nitrogens is 1. The summed E-state index contributed by atoms with van der Waals surface area (Å²) in [6, 6.07) is 8.57. The second-order valence-corrected chi connectivity index (χ2v) is 6.73. The molecule has 1 aromatic heterocycles. The Labute approximate surface area is 141 Å². The summed E-state index contributed by atoms with van der Waals surface area (Å²) in [5, 5.41) is 0. The van der Waals surface area contributed by atoms with Crippen molar-refractivity contribution in [2.75, 3.05) is 13.1 Å². The van der Waals surface area contributed by atoms with Crippen LogP contribution in [0.3, 0.4) is 0 Å². The minimum Gasteiger partial charge on any atom is -0.311 e. The second-order valence-electron chi connectivity index (χ2n) is 6.73. The Balaban J connectivity index is 1.40. The van der Waals surface area contributed by atoms with E-state index in [0.29, 0.717) is 18.3 Å². The zero-order valence-corrected chi connectivity index (χ0v) is 14.0. The molecule has 1 saturated heterocycles. The van der Waals surface area contributed by atoms with Crippen LogP contribution in [-0.4, -0.2) is 33.7 Å². The topological polar surface area (TPSA) is 61.4 Å². The molecular formula is C19H22N4O. The van der Waals surface area contributed by atoms with E-state index in [1.54, 1.807) is 13.1 Å². The fourth-order valence-electron chi connectivity index (χ4n) is 3.74. The zero-order valence-electron chi connectivity index (χ0n) is 14.0. The van der Waals surface area contributed by atoms with Gasteiger partial charge >= 0.3 is 0 Å². The zero-order chi connectivity index (χ0) is 16.5. The van der Waals surface area contributed by atoms with Gasteiger partial charge in [-0.2, -0.15) is 0 Å². The number of aryl methyl sites for hydroxylation is 1. The van der Waals surface area contributed by atoms with Gasteiger partial charge in [0.2, 0.25) is 0 Å². The number of aliphatic imine (C=N–C) groups is 1. The average molecular weight is 322 g/mol. The molecule has 0 atom stereocenters. The summed E-state index contributed by atoms with van der Waals surface area (Å²) in [6.45, 7) is 5.31. The molecule has 0 bridgehead atoms. The molecule has 3 heterocycles. The first-order valence-corrected chi connectivity index (χ1v) is 8.60. The number of aromatic amines is 1. The van der Waals surface area contributed by atoms with Crippen LogP contribution in [0, 0.1) is 12.8 Å². The lowest BCUT2D eigenvalue weighted by atomic mass is 9.87. The summed E-state index contributed by atoms with van der Waals surface area (Å²) in [4.78, 5) is 26.1. The first-order valence-electron chi connectivity index (χ1n) is 8.60. The number of benzene rings is 1. The van der Waals surface area contributed by atoms with Gasteiger partial charge in [0.1, 0.15) is 5.82 Å². The van der Waals surface area contributed by atoms with Crippen LogP contribution >= 0.6 is 0 Å². The molecule has 2 aromatic rings. The molecule has 0 spiro atoms. The molecule has 5 heteroatoms. The number of hydrogen-bond donors (Lipinski definition) is 1. The number of fused-ring (bicyclic) bond motifs is 1. The Hall–Kier alpha value is -2.27. The van der Waals surface area contributed by atoms with E-state index in [1.807, 2.05) is 0 Å². The quantitative estimate of drug-likeness (QED) is 0.943. The fraction of sp³-hybridized carbons (Fsp3) is 0.421. The average Bonchev–Trinajstić information content (AvgIpc) is 3.02. The Kier molecular flexibility index (Phi) is 4.02. The molecule has 0 radical (unpaired) electrons. The van der Waals surface area contributed by atoms with Gasteiger partial charge in [0.15, 0.2) is 0 Å². The third-order valence-electron chi connectivity index (χ3n) is 5.08. The number of piperidine rings is 1. The summed E-state index contributed by atoms with van der Waals surface area (Å²) in [6.07, 6.45) is 3.91. The molecule has 0 amide bonds. The van der Waals surface area contributed by atoms with Crippen LogP contribution in [0.1, 0.15) is 35.4 Å².